The van der Waals surface area contributed by atoms with Crippen molar-refractivity contribution in [1.82, 2.24) is 19.8 Å². The van der Waals surface area contributed by atoms with Crippen molar-refractivity contribution in [3.05, 3.63) is 23.5 Å². The van der Waals surface area contributed by atoms with Gasteiger partial charge in [-0.25, -0.2) is 18.7 Å². The number of amides is 2. The van der Waals surface area contributed by atoms with E-state index in [0.29, 0.717) is 11.5 Å². The Morgan fingerprint density at radius 1 is 1.35 bits per heavy atom. The molecular weight excluding hydrogens is 420 g/mol. The van der Waals surface area contributed by atoms with Gasteiger partial charge in [0.15, 0.2) is 14.6 Å². The van der Waals surface area contributed by atoms with Crippen LogP contribution in [0.4, 0.5) is 4.79 Å². The normalized spacial score (nSPS) is 18.2. The van der Waals surface area contributed by atoms with E-state index < -0.39 is 20.5 Å². The standard InChI is InChI=1S/C21H26N4O5S/c1-4-23-12-17(13-23)8-6-5-7-16-11-18-15-24(20(27)25(18)14-16)10-9-21(2,19(26)22-28)31(3,29)30/h11,14,17,28H,4,9-10,12-13,15H2,1-3H3,(H,22,26). The largest absolute Gasteiger partial charge is 0.328 e. The molecule has 0 aliphatic carbocycles. The minimum atomic E-state index is -3.82. The van der Waals surface area contributed by atoms with Gasteiger partial charge in [0.05, 0.1) is 6.54 Å². The molecule has 0 radical (unpaired) electrons. The Kier molecular flexibility index (Phi) is 6.46. The van der Waals surface area contributed by atoms with Crippen LogP contribution in [0, 0.1) is 29.6 Å². The molecule has 166 valence electrons. The van der Waals surface area contributed by atoms with E-state index >= 15 is 0 Å². The first kappa shape index (κ1) is 22.9. The van der Waals surface area contributed by atoms with Crippen LogP contribution in [0.2, 0.25) is 0 Å². The Hall–Kier alpha value is -2.79. The molecule has 1 saturated heterocycles. The lowest BCUT2D eigenvalue weighted by Crippen LogP contribution is -2.50. The number of carbonyl (C=O) groups excluding carboxylic acids is 2. The molecule has 1 fully saturated rings. The maximum absolute atomic E-state index is 12.6. The number of nitrogens with one attached hydrogen (secondary N) is 1. The number of carbonyl (C=O) groups is 2. The van der Waals surface area contributed by atoms with Crippen molar-refractivity contribution < 1.29 is 23.2 Å². The van der Waals surface area contributed by atoms with Crippen LogP contribution in [-0.2, 0) is 21.2 Å². The first-order valence-corrected chi connectivity index (χ1v) is 11.9. The molecule has 0 saturated carbocycles. The van der Waals surface area contributed by atoms with Gasteiger partial charge in [0.25, 0.3) is 5.91 Å². The lowest BCUT2D eigenvalue weighted by molar-refractivity contribution is -0.131. The smallest absolute Gasteiger partial charge is 0.318 e. The molecule has 1 aromatic heterocycles. The van der Waals surface area contributed by atoms with Crippen LogP contribution < -0.4 is 5.48 Å². The van der Waals surface area contributed by atoms with Gasteiger partial charge in [-0.3, -0.25) is 14.6 Å². The number of hydroxylamine groups is 1. The highest BCUT2D eigenvalue weighted by Crippen LogP contribution is 2.25. The van der Waals surface area contributed by atoms with Gasteiger partial charge in [-0.2, -0.15) is 0 Å². The van der Waals surface area contributed by atoms with E-state index in [1.807, 2.05) is 0 Å². The molecule has 1 unspecified atom stereocenters. The third-order valence-electron chi connectivity index (χ3n) is 5.94. The summed E-state index contributed by atoms with van der Waals surface area (Å²) in [6, 6.07) is 1.48. The van der Waals surface area contributed by atoms with Crippen LogP contribution in [0.1, 0.15) is 31.5 Å². The molecule has 0 aromatic carbocycles. The van der Waals surface area contributed by atoms with Crippen LogP contribution in [0.5, 0.6) is 0 Å². The van der Waals surface area contributed by atoms with E-state index in [9.17, 15) is 18.0 Å². The predicted molar refractivity (Wildman–Crippen MR) is 114 cm³/mol. The van der Waals surface area contributed by atoms with Crippen LogP contribution in [0.3, 0.4) is 0 Å². The predicted octanol–water partition coefficient (Wildman–Crippen LogP) is 0.277. The number of likely N-dealkylation sites (tertiary alicyclic amines) is 1. The van der Waals surface area contributed by atoms with Gasteiger partial charge in [-0.1, -0.05) is 18.8 Å². The summed E-state index contributed by atoms with van der Waals surface area (Å²) in [6.07, 6.45) is 2.41. The zero-order valence-corrected chi connectivity index (χ0v) is 18.6. The Balaban J connectivity index is 1.61. The molecule has 10 heteroatoms. The Morgan fingerprint density at radius 3 is 2.65 bits per heavy atom. The molecular formula is C21H26N4O5S. The summed E-state index contributed by atoms with van der Waals surface area (Å²) in [5.41, 5.74) is 2.82. The minimum Gasteiger partial charge on any atom is -0.318 e. The van der Waals surface area contributed by atoms with Crippen molar-refractivity contribution in [2.24, 2.45) is 5.92 Å². The fraction of sp³-hybridized carbons (Fsp3) is 0.524. The van der Waals surface area contributed by atoms with Crippen molar-refractivity contribution in [2.75, 3.05) is 32.4 Å². The third kappa shape index (κ3) is 4.62. The van der Waals surface area contributed by atoms with E-state index in [2.05, 4.69) is 35.5 Å². The number of aromatic nitrogens is 1. The quantitative estimate of drug-likeness (QED) is 0.369. The van der Waals surface area contributed by atoms with Gasteiger partial charge in [0.2, 0.25) is 0 Å². The van der Waals surface area contributed by atoms with E-state index in [-0.39, 0.29) is 25.5 Å². The average Bonchev–Trinajstić information content (AvgIpc) is 3.21. The fourth-order valence-corrected chi connectivity index (χ4v) is 4.41. The second kappa shape index (κ2) is 8.75. The topological polar surface area (TPSA) is 112 Å². The average molecular weight is 447 g/mol. The van der Waals surface area contributed by atoms with Gasteiger partial charge in [0.1, 0.15) is 0 Å². The number of fused-ring (bicyclic) bond motifs is 1. The second-order valence-corrected chi connectivity index (χ2v) is 10.5. The molecule has 1 atom stereocenters. The van der Waals surface area contributed by atoms with Crippen molar-refractivity contribution in [1.29, 1.82) is 0 Å². The van der Waals surface area contributed by atoms with Gasteiger partial charge in [-0.05, 0) is 37.8 Å². The van der Waals surface area contributed by atoms with Gasteiger partial charge in [-0.15, -0.1) is 0 Å². The SMILES string of the molecule is CCN1CC(C#CC#Cc2cc3n(c2)C(=O)N(CCC(C)(C(=O)NO)S(C)(=O)=O)C3)C1. The van der Waals surface area contributed by atoms with Crippen LogP contribution in [-0.4, -0.2) is 77.1 Å². The molecule has 0 spiro atoms. The highest BCUT2D eigenvalue weighted by Gasteiger charge is 2.44. The molecule has 2 amide bonds. The summed E-state index contributed by atoms with van der Waals surface area (Å²) in [6.45, 7) is 6.67. The molecule has 31 heavy (non-hydrogen) atoms. The first-order chi connectivity index (χ1) is 14.6. The summed E-state index contributed by atoms with van der Waals surface area (Å²) in [4.78, 5) is 28.3. The zero-order chi connectivity index (χ0) is 22.8. The Bertz CT molecular complexity index is 1110. The van der Waals surface area contributed by atoms with E-state index in [1.165, 1.54) is 21.9 Å². The summed E-state index contributed by atoms with van der Waals surface area (Å²) in [5.74, 6) is 11.1. The van der Waals surface area contributed by atoms with E-state index in [0.717, 1.165) is 31.6 Å². The van der Waals surface area contributed by atoms with E-state index in [4.69, 9.17) is 5.21 Å². The number of hydrogen-bond acceptors (Lipinski definition) is 6. The third-order valence-corrected chi connectivity index (χ3v) is 7.96. The van der Waals surface area contributed by atoms with Gasteiger partial charge >= 0.3 is 6.03 Å². The number of hydrogen-bond donors (Lipinski definition) is 2. The van der Waals surface area contributed by atoms with Crippen molar-refractivity contribution in [3.8, 4) is 23.7 Å². The lowest BCUT2D eigenvalue weighted by Gasteiger charge is -2.35. The van der Waals surface area contributed by atoms with Crippen LogP contribution >= 0.6 is 0 Å². The summed E-state index contributed by atoms with van der Waals surface area (Å²) < 4.78 is 23.8. The maximum Gasteiger partial charge on any atom is 0.328 e. The van der Waals surface area contributed by atoms with Gasteiger partial charge < -0.3 is 9.80 Å². The van der Waals surface area contributed by atoms with Crippen LogP contribution in [0.25, 0.3) is 0 Å². The van der Waals surface area contributed by atoms with Crippen molar-refractivity contribution >= 4 is 21.8 Å². The lowest BCUT2D eigenvalue weighted by atomic mass is 10.0. The summed E-state index contributed by atoms with van der Waals surface area (Å²) in [5, 5.41) is 8.90. The van der Waals surface area contributed by atoms with Gasteiger partial charge in [0, 0.05) is 49.3 Å². The zero-order valence-electron chi connectivity index (χ0n) is 17.8. The number of rotatable bonds is 6. The van der Waals surface area contributed by atoms with Crippen molar-refractivity contribution in [3.63, 3.8) is 0 Å². The summed E-state index contributed by atoms with van der Waals surface area (Å²) >= 11 is 0. The maximum atomic E-state index is 12.6. The van der Waals surface area contributed by atoms with E-state index in [1.54, 1.807) is 12.3 Å². The fourth-order valence-electron chi connectivity index (χ4n) is 3.56. The van der Waals surface area contributed by atoms with Crippen molar-refractivity contribution in [2.45, 2.75) is 31.6 Å². The van der Waals surface area contributed by atoms with Crippen LogP contribution in [0.15, 0.2) is 12.3 Å². The molecule has 3 heterocycles. The highest BCUT2D eigenvalue weighted by molar-refractivity contribution is 7.92. The molecule has 0 bridgehead atoms. The molecule has 1 aromatic rings. The summed E-state index contributed by atoms with van der Waals surface area (Å²) in [7, 11) is -3.82. The second-order valence-electron chi connectivity index (χ2n) is 8.06. The monoisotopic (exact) mass is 446 g/mol. The molecule has 2 aliphatic heterocycles. The number of sulfone groups is 1. The Labute approximate surface area is 182 Å². The highest BCUT2D eigenvalue weighted by atomic mass is 32.2. The molecule has 3 rings (SSSR count). The molecule has 2 aliphatic rings. The molecule has 9 nitrogen and oxygen atoms in total. The first-order valence-electron chi connectivity index (χ1n) is 9.97. The Morgan fingerprint density at radius 2 is 2.06 bits per heavy atom. The number of nitrogens with zero attached hydrogens (tertiary/aromatic N) is 3. The minimum absolute atomic E-state index is 0.0418. The molecule has 2 N–H and O–H groups in total.